The molecule has 130 valence electrons. The van der Waals surface area contributed by atoms with Crippen LogP contribution in [-0.2, 0) is 11.2 Å². The molecule has 1 N–H and O–H groups in total. The van der Waals surface area contributed by atoms with E-state index in [1.54, 1.807) is 11.9 Å². The van der Waals surface area contributed by atoms with Crippen LogP contribution in [0.15, 0.2) is 48.5 Å². The first-order chi connectivity index (χ1) is 12.6. The fourth-order valence-electron chi connectivity index (χ4n) is 4.23. The zero-order valence-corrected chi connectivity index (χ0v) is 15.6. The van der Waals surface area contributed by atoms with Crippen molar-refractivity contribution >= 4 is 45.7 Å². The molecule has 0 bridgehead atoms. The van der Waals surface area contributed by atoms with Gasteiger partial charge in [-0.15, -0.1) is 0 Å². The Morgan fingerprint density at radius 2 is 2.00 bits per heavy atom. The minimum Gasteiger partial charge on any atom is -0.356 e. The van der Waals surface area contributed by atoms with E-state index in [4.69, 9.17) is 23.8 Å². The van der Waals surface area contributed by atoms with Crippen molar-refractivity contribution in [1.29, 1.82) is 0 Å². The summed E-state index contributed by atoms with van der Waals surface area (Å²) in [7, 11) is 1.75. The number of likely N-dealkylation sites (N-methyl/N-ethyl adjacent to an activating group) is 1. The molecule has 26 heavy (non-hydrogen) atoms. The zero-order valence-electron chi connectivity index (χ0n) is 14.1. The third-order valence-electron chi connectivity index (χ3n) is 5.42. The Kier molecular flexibility index (Phi) is 3.39. The van der Waals surface area contributed by atoms with Gasteiger partial charge in [0.05, 0.1) is 6.04 Å². The number of H-pyrrole nitrogens is 1. The molecule has 0 radical (unpaired) electrons. The summed E-state index contributed by atoms with van der Waals surface area (Å²) in [5, 5.41) is 2.41. The molecule has 1 fully saturated rings. The quantitative estimate of drug-likeness (QED) is 0.650. The highest BCUT2D eigenvalue weighted by Crippen LogP contribution is 2.44. The second-order valence-electron chi connectivity index (χ2n) is 6.83. The van der Waals surface area contributed by atoms with Crippen LogP contribution in [0.2, 0.25) is 5.02 Å². The SMILES string of the molecule is CN1C(=O)C2Cc3c([nH]c4ccccc34)C(c3cccc(Cl)c3)N2C1=S. The van der Waals surface area contributed by atoms with Crippen LogP contribution in [0.25, 0.3) is 10.9 Å². The predicted octanol–water partition coefficient (Wildman–Crippen LogP) is 3.89. The Hall–Kier alpha value is -2.37. The Morgan fingerprint density at radius 1 is 1.19 bits per heavy atom. The van der Waals surface area contributed by atoms with Crippen molar-refractivity contribution in [1.82, 2.24) is 14.8 Å². The highest BCUT2D eigenvalue weighted by molar-refractivity contribution is 7.80. The average Bonchev–Trinajstić information content (AvgIpc) is 3.12. The first-order valence-electron chi connectivity index (χ1n) is 8.51. The number of nitrogens with one attached hydrogen (secondary N) is 1. The average molecular weight is 382 g/mol. The molecule has 6 heteroatoms. The van der Waals surface area contributed by atoms with Crippen LogP contribution in [0.5, 0.6) is 0 Å². The number of para-hydroxylation sites is 1. The molecule has 5 rings (SSSR count). The van der Waals surface area contributed by atoms with Crippen molar-refractivity contribution in [3.8, 4) is 0 Å². The highest BCUT2D eigenvalue weighted by Gasteiger charge is 2.49. The van der Waals surface area contributed by atoms with Crippen LogP contribution in [0.4, 0.5) is 0 Å². The van der Waals surface area contributed by atoms with Gasteiger partial charge in [0, 0.05) is 35.1 Å². The van der Waals surface area contributed by atoms with Gasteiger partial charge in [-0.25, -0.2) is 0 Å². The number of aromatic nitrogens is 1. The standard InChI is InChI=1S/C20H16ClN3OS/c1-23-19(25)16-10-14-13-7-2-3-8-15(13)22-17(14)18(24(16)20(23)26)11-5-4-6-12(21)9-11/h2-9,16,18,22H,10H2,1H3. The Bertz CT molecular complexity index is 1080. The van der Waals surface area contributed by atoms with Crippen LogP contribution in [0, 0.1) is 0 Å². The molecule has 1 aromatic heterocycles. The summed E-state index contributed by atoms with van der Waals surface area (Å²) in [6, 6.07) is 15.6. The normalized spacial score (nSPS) is 22.1. The van der Waals surface area contributed by atoms with Gasteiger partial charge in [-0.1, -0.05) is 41.9 Å². The number of aromatic amines is 1. The molecular formula is C20H16ClN3OS. The maximum absolute atomic E-state index is 12.8. The lowest BCUT2D eigenvalue weighted by molar-refractivity contribution is -0.127. The van der Waals surface area contributed by atoms with Crippen LogP contribution in [-0.4, -0.2) is 38.9 Å². The molecule has 0 spiro atoms. The monoisotopic (exact) mass is 381 g/mol. The third kappa shape index (κ3) is 2.07. The van der Waals surface area contributed by atoms with E-state index in [0.717, 1.165) is 16.8 Å². The number of hydrogen-bond donors (Lipinski definition) is 1. The second kappa shape index (κ2) is 5.56. The fourth-order valence-corrected chi connectivity index (χ4v) is 4.75. The van der Waals surface area contributed by atoms with Gasteiger partial charge in [0.15, 0.2) is 5.11 Å². The van der Waals surface area contributed by atoms with E-state index in [1.165, 1.54) is 10.9 Å². The van der Waals surface area contributed by atoms with E-state index in [-0.39, 0.29) is 18.0 Å². The fraction of sp³-hybridized carbons (Fsp3) is 0.200. The van der Waals surface area contributed by atoms with Gasteiger partial charge in [-0.3, -0.25) is 9.69 Å². The van der Waals surface area contributed by atoms with E-state index in [2.05, 4.69) is 22.0 Å². The van der Waals surface area contributed by atoms with Crippen LogP contribution < -0.4 is 0 Å². The molecule has 2 unspecified atom stereocenters. The summed E-state index contributed by atoms with van der Waals surface area (Å²) in [6.07, 6.45) is 0.653. The number of amides is 1. The van der Waals surface area contributed by atoms with Crippen molar-refractivity contribution < 1.29 is 4.79 Å². The van der Waals surface area contributed by atoms with E-state index in [1.807, 2.05) is 36.4 Å². The first kappa shape index (κ1) is 15.9. The predicted molar refractivity (Wildman–Crippen MR) is 106 cm³/mol. The molecule has 4 nitrogen and oxygen atoms in total. The summed E-state index contributed by atoms with van der Waals surface area (Å²) >= 11 is 11.9. The van der Waals surface area contributed by atoms with Crippen molar-refractivity contribution in [2.24, 2.45) is 0 Å². The maximum atomic E-state index is 12.8. The first-order valence-corrected chi connectivity index (χ1v) is 9.29. The van der Waals surface area contributed by atoms with Gasteiger partial charge >= 0.3 is 0 Å². The number of fused-ring (bicyclic) bond motifs is 4. The van der Waals surface area contributed by atoms with E-state index >= 15 is 0 Å². The van der Waals surface area contributed by atoms with Crippen molar-refractivity contribution in [3.05, 3.63) is 70.4 Å². The van der Waals surface area contributed by atoms with Crippen LogP contribution in [0.3, 0.4) is 0 Å². The molecule has 2 aliphatic heterocycles. The molecule has 2 aliphatic rings. The number of carbonyl (C=O) groups is 1. The number of halogens is 1. The molecule has 2 aromatic carbocycles. The smallest absolute Gasteiger partial charge is 0.251 e. The molecule has 1 saturated heterocycles. The topological polar surface area (TPSA) is 39.3 Å². The number of thiocarbonyl (C=S) groups is 1. The number of nitrogens with zero attached hydrogens (tertiary/aromatic N) is 2. The third-order valence-corrected chi connectivity index (χ3v) is 6.14. The molecule has 0 saturated carbocycles. The summed E-state index contributed by atoms with van der Waals surface area (Å²) in [4.78, 5) is 20.0. The number of rotatable bonds is 1. The minimum absolute atomic E-state index is 0.0537. The summed E-state index contributed by atoms with van der Waals surface area (Å²) in [5.41, 5.74) is 4.39. The van der Waals surface area contributed by atoms with Gasteiger partial charge in [-0.05, 0) is 41.5 Å². The Morgan fingerprint density at radius 3 is 2.81 bits per heavy atom. The van der Waals surface area contributed by atoms with Crippen LogP contribution in [0.1, 0.15) is 22.9 Å². The van der Waals surface area contributed by atoms with E-state index < -0.39 is 0 Å². The van der Waals surface area contributed by atoms with E-state index in [9.17, 15) is 4.79 Å². The van der Waals surface area contributed by atoms with Gasteiger partial charge in [0.2, 0.25) is 0 Å². The summed E-state index contributed by atoms with van der Waals surface area (Å²) in [6.45, 7) is 0. The van der Waals surface area contributed by atoms with Gasteiger partial charge < -0.3 is 9.88 Å². The van der Waals surface area contributed by atoms with E-state index in [0.29, 0.717) is 16.6 Å². The van der Waals surface area contributed by atoms with Gasteiger partial charge in [0.1, 0.15) is 6.04 Å². The zero-order chi connectivity index (χ0) is 18.0. The lowest BCUT2D eigenvalue weighted by Crippen LogP contribution is -2.44. The number of benzene rings is 2. The maximum Gasteiger partial charge on any atom is 0.251 e. The van der Waals surface area contributed by atoms with Crippen LogP contribution >= 0.6 is 23.8 Å². The molecule has 1 amide bonds. The summed E-state index contributed by atoms with van der Waals surface area (Å²) < 4.78 is 0. The minimum atomic E-state index is -0.275. The lowest BCUT2D eigenvalue weighted by Gasteiger charge is -2.37. The Balaban J connectivity index is 1.79. The summed E-state index contributed by atoms with van der Waals surface area (Å²) in [5.74, 6) is 0.0537. The van der Waals surface area contributed by atoms with Gasteiger partial charge in [-0.2, -0.15) is 0 Å². The molecular weight excluding hydrogens is 366 g/mol. The van der Waals surface area contributed by atoms with Crippen molar-refractivity contribution in [3.63, 3.8) is 0 Å². The second-order valence-corrected chi connectivity index (χ2v) is 7.63. The largest absolute Gasteiger partial charge is 0.356 e. The lowest BCUT2D eigenvalue weighted by atomic mass is 9.89. The molecule has 3 aromatic rings. The molecule has 0 aliphatic carbocycles. The number of hydrogen-bond acceptors (Lipinski definition) is 2. The molecule has 3 heterocycles. The number of carbonyl (C=O) groups excluding carboxylic acids is 1. The van der Waals surface area contributed by atoms with Crippen molar-refractivity contribution in [2.45, 2.75) is 18.5 Å². The van der Waals surface area contributed by atoms with Crippen molar-refractivity contribution in [2.75, 3.05) is 7.05 Å². The van der Waals surface area contributed by atoms with Gasteiger partial charge in [0.25, 0.3) is 5.91 Å². The molecule has 2 atom stereocenters. The Labute approximate surface area is 161 Å². The highest BCUT2D eigenvalue weighted by atomic mass is 35.5.